The topological polar surface area (TPSA) is 52.0 Å². The highest BCUT2D eigenvalue weighted by Crippen LogP contribution is 2.19. The lowest BCUT2D eigenvalue weighted by Gasteiger charge is -2.16. The van der Waals surface area contributed by atoms with Crippen LogP contribution >= 0.6 is 0 Å². The van der Waals surface area contributed by atoms with E-state index in [4.69, 9.17) is 4.74 Å². The Balaban J connectivity index is 2.02. The van der Waals surface area contributed by atoms with E-state index >= 15 is 0 Å². The van der Waals surface area contributed by atoms with Gasteiger partial charge in [-0.2, -0.15) is 0 Å². The molecule has 1 aromatic carbocycles. The van der Waals surface area contributed by atoms with Crippen molar-refractivity contribution < 1.29 is 4.74 Å². The Morgan fingerprint density at radius 2 is 2.14 bits per heavy atom. The molecule has 5 heteroatoms. The Hall–Kier alpha value is -1.88. The summed E-state index contributed by atoms with van der Waals surface area (Å²) in [5.41, 5.74) is 3.35. The van der Waals surface area contributed by atoms with Gasteiger partial charge >= 0.3 is 0 Å². The second-order valence-electron chi connectivity index (χ2n) is 5.05. The Morgan fingerprint density at radius 3 is 2.86 bits per heavy atom. The van der Waals surface area contributed by atoms with Gasteiger partial charge in [0.25, 0.3) is 0 Å². The van der Waals surface area contributed by atoms with Crippen molar-refractivity contribution in [3.05, 3.63) is 41.2 Å². The molecule has 0 aliphatic carbocycles. The lowest BCUT2D eigenvalue weighted by atomic mass is 10.1. The number of aromatic nitrogens is 3. The Kier molecular flexibility index (Phi) is 5.33. The van der Waals surface area contributed by atoms with Gasteiger partial charge < -0.3 is 10.1 Å². The van der Waals surface area contributed by atoms with Crippen molar-refractivity contribution >= 4 is 0 Å². The van der Waals surface area contributed by atoms with Gasteiger partial charge in [0.2, 0.25) is 0 Å². The first-order valence-corrected chi connectivity index (χ1v) is 7.50. The summed E-state index contributed by atoms with van der Waals surface area (Å²) in [5.74, 6) is 0.917. The van der Waals surface area contributed by atoms with Gasteiger partial charge in [0.15, 0.2) is 0 Å². The molecule has 0 aliphatic heterocycles. The largest absolute Gasteiger partial charge is 0.494 e. The Labute approximate surface area is 126 Å². The number of rotatable bonds is 7. The first-order valence-electron chi connectivity index (χ1n) is 7.50. The van der Waals surface area contributed by atoms with E-state index in [0.717, 1.165) is 30.2 Å². The molecule has 0 saturated carbocycles. The van der Waals surface area contributed by atoms with Crippen molar-refractivity contribution in [1.82, 2.24) is 20.3 Å². The van der Waals surface area contributed by atoms with Crippen LogP contribution in [0.4, 0.5) is 0 Å². The molecule has 0 amide bonds. The van der Waals surface area contributed by atoms with Gasteiger partial charge in [-0.1, -0.05) is 17.3 Å². The summed E-state index contributed by atoms with van der Waals surface area (Å²) in [6, 6.07) is 8.46. The molecule has 1 heterocycles. The minimum absolute atomic E-state index is 0.241. The van der Waals surface area contributed by atoms with Crippen molar-refractivity contribution in [1.29, 1.82) is 0 Å². The van der Waals surface area contributed by atoms with E-state index in [1.54, 1.807) is 0 Å². The highest BCUT2D eigenvalue weighted by Gasteiger charge is 2.11. The molecule has 0 fully saturated rings. The average molecular weight is 288 g/mol. The van der Waals surface area contributed by atoms with Gasteiger partial charge in [0.1, 0.15) is 5.75 Å². The molecule has 2 aromatic rings. The molecule has 1 aromatic heterocycles. The summed E-state index contributed by atoms with van der Waals surface area (Å²) < 4.78 is 7.49. The van der Waals surface area contributed by atoms with Crippen LogP contribution in [-0.4, -0.2) is 21.6 Å². The number of benzene rings is 1. The van der Waals surface area contributed by atoms with E-state index in [1.165, 1.54) is 5.56 Å². The predicted molar refractivity (Wildman–Crippen MR) is 83.3 cm³/mol. The summed E-state index contributed by atoms with van der Waals surface area (Å²) in [7, 11) is 0. The zero-order chi connectivity index (χ0) is 15.2. The zero-order valence-electron chi connectivity index (χ0n) is 13.3. The monoisotopic (exact) mass is 288 g/mol. The van der Waals surface area contributed by atoms with Gasteiger partial charge in [-0.25, -0.2) is 4.68 Å². The van der Waals surface area contributed by atoms with Crippen LogP contribution in [0.5, 0.6) is 5.75 Å². The fourth-order valence-electron chi connectivity index (χ4n) is 2.30. The molecule has 5 nitrogen and oxygen atoms in total. The second-order valence-corrected chi connectivity index (χ2v) is 5.05. The fourth-order valence-corrected chi connectivity index (χ4v) is 2.30. The van der Waals surface area contributed by atoms with E-state index in [-0.39, 0.29) is 6.04 Å². The Bertz CT molecular complexity index is 579. The zero-order valence-corrected chi connectivity index (χ0v) is 13.3. The third-order valence-corrected chi connectivity index (χ3v) is 3.58. The molecule has 1 atom stereocenters. The lowest BCUT2D eigenvalue weighted by Crippen LogP contribution is -2.21. The van der Waals surface area contributed by atoms with Crippen molar-refractivity contribution in [3.63, 3.8) is 0 Å². The molecular formula is C16H24N4O. The smallest absolute Gasteiger partial charge is 0.119 e. The number of nitrogens with one attached hydrogen (secondary N) is 1. The van der Waals surface area contributed by atoms with Crippen molar-refractivity contribution in [2.75, 3.05) is 6.61 Å². The second kappa shape index (κ2) is 7.22. The third kappa shape index (κ3) is 3.82. The molecule has 0 radical (unpaired) electrons. The SMILES string of the molecule is CCOc1cccc([C@H](C)NCc2c(C)nnn2CC)c1. The van der Waals surface area contributed by atoms with Crippen LogP contribution in [0, 0.1) is 6.92 Å². The summed E-state index contributed by atoms with van der Waals surface area (Å²) in [6.07, 6.45) is 0. The maximum atomic E-state index is 5.55. The van der Waals surface area contributed by atoms with Crippen LogP contribution in [0.2, 0.25) is 0 Å². The molecule has 1 N–H and O–H groups in total. The third-order valence-electron chi connectivity index (χ3n) is 3.58. The highest BCUT2D eigenvalue weighted by atomic mass is 16.5. The fraction of sp³-hybridized carbons (Fsp3) is 0.500. The van der Waals surface area contributed by atoms with Crippen LogP contribution in [0.1, 0.15) is 43.8 Å². The number of aryl methyl sites for hydroxylation is 2. The van der Waals surface area contributed by atoms with Crippen LogP contribution in [0.25, 0.3) is 0 Å². The summed E-state index contributed by atoms with van der Waals surface area (Å²) in [5, 5.41) is 11.8. The van der Waals surface area contributed by atoms with E-state index in [2.05, 4.69) is 41.6 Å². The molecule has 2 rings (SSSR count). The lowest BCUT2D eigenvalue weighted by molar-refractivity contribution is 0.339. The molecular weight excluding hydrogens is 264 g/mol. The minimum Gasteiger partial charge on any atom is -0.494 e. The van der Waals surface area contributed by atoms with Gasteiger partial charge in [0.05, 0.1) is 18.0 Å². The number of ether oxygens (including phenoxy) is 1. The Morgan fingerprint density at radius 1 is 1.33 bits per heavy atom. The number of hydrogen-bond acceptors (Lipinski definition) is 4. The standard InChI is InChI=1S/C16H24N4O/c1-5-20-16(13(4)18-19-20)11-17-12(3)14-8-7-9-15(10-14)21-6-2/h7-10,12,17H,5-6,11H2,1-4H3/t12-/m0/s1. The van der Waals surface area contributed by atoms with Crippen molar-refractivity contribution in [2.24, 2.45) is 0 Å². The van der Waals surface area contributed by atoms with E-state index in [1.807, 2.05) is 30.7 Å². The van der Waals surface area contributed by atoms with Gasteiger partial charge in [-0.05, 0) is 45.4 Å². The quantitative estimate of drug-likeness (QED) is 0.851. The first-order chi connectivity index (χ1) is 10.2. The molecule has 0 saturated heterocycles. The first kappa shape index (κ1) is 15.5. The number of nitrogens with zero attached hydrogens (tertiary/aromatic N) is 3. The number of hydrogen-bond donors (Lipinski definition) is 1. The normalized spacial score (nSPS) is 12.4. The maximum absolute atomic E-state index is 5.55. The van der Waals surface area contributed by atoms with Crippen LogP contribution in [0.15, 0.2) is 24.3 Å². The van der Waals surface area contributed by atoms with Crippen LogP contribution in [-0.2, 0) is 13.1 Å². The van der Waals surface area contributed by atoms with Gasteiger partial charge in [-0.3, -0.25) is 0 Å². The summed E-state index contributed by atoms with van der Waals surface area (Å²) >= 11 is 0. The van der Waals surface area contributed by atoms with E-state index in [0.29, 0.717) is 6.61 Å². The molecule has 21 heavy (non-hydrogen) atoms. The molecule has 114 valence electrons. The van der Waals surface area contributed by atoms with Gasteiger partial charge in [0, 0.05) is 19.1 Å². The highest BCUT2D eigenvalue weighted by molar-refractivity contribution is 5.30. The average Bonchev–Trinajstić information content (AvgIpc) is 2.85. The van der Waals surface area contributed by atoms with E-state index < -0.39 is 0 Å². The molecule has 0 unspecified atom stereocenters. The van der Waals surface area contributed by atoms with Crippen molar-refractivity contribution in [2.45, 2.75) is 46.8 Å². The van der Waals surface area contributed by atoms with Crippen molar-refractivity contribution in [3.8, 4) is 5.75 Å². The summed E-state index contributed by atoms with van der Waals surface area (Å²) in [6.45, 7) is 10.5. The maximum Gasteiger partial charge on any atom is 0.119 e. The van der Waals surface area contributed by atoms with Gasteiger partial charge in [-0.15, -0.1) is 5.10 Å². The summed E-state index contributed by atoms with van der Waals surface area (Å²) in [4.78, 5) is 0. The van der Waals surface area contributed by atoms with E-state index in [9.17, 15) is 0 Å². The minimum atomic E-state index is 0.241. The van der Waals surface area contributed by atoms with Crippen LogP contribution in [0.3, 0.4) is 0 Å². The molecule has 0 spiro atoms. The predicted octanol–water partition coefficient (Wildman–Crippen LogP) is 2.86. The molecule has 0 bridgehead atoms. The van der Waals surface area contributed by atoms with Crippen LogP contribution < -0.4 is 10.1 Å². The molecule has 0 aliphatic rings.